The maximum Gasteiger partial charge on any atom is 0.229 e. The zero-order valence-electron chi connectivity index (χ0n) is 19.3. The highest BCUT2D eigenvalue weighted by molar-refractivity contribution is 7.92. The molecule has 5 rings (SSSR count). The van der Waals surface area contributed by atoms with E-state index in [1.807, 2.05) is 36.4 Å². The highest BCUT2D eigenvalue weighted by Gasteiger charge is 2.40. The molecule has 2 aromatic carbocycles. The molecule has 35 heavy (non-hydrogen) atoms. The first-order chi connectivity index (χ1) is 16.7. The van der Waals surface area contributed by atoms with E-state index in [2.05, 4.69) is 25.1 Å². The monoisotopic (exact) mass is 515 g/mol. The van der Waals surface area contributed by atoms with Crippen molar-refractivity contribution in [2.45, 2.75) is 25.4 Å². The fraction of sp³-hybridized carbons (Fsp3) is 0.360. The molecule has 0 radical (unpaired) electrons. The standard InChI is InChI=1S/C25H27ClFN5O2S/c1-35(33,34)31-20-5-2-16(3-6-20)13-32-14-17-10-21(11-18(17)15-32)28-25-9-8-24(29-30-25)22-12-19(27)4-7-23(22)26/h2-9,12,17-18,21,31H,10-11,13-15H2,1H3,(H,28,30)/t17-,18+,21?. The second-order valence-electron chi connectivity index (χ2n) is 9.53. The molecule has 2 N–H and O–H groups in total. The normalized spacial score (nSPS) is 22.2. The molecule has 3 atom stereocenters. The third-order valence-corrected chi connectivity index (χ3v) is 7.65. The minimum Gasteiger partial charge on any atom is -0.366 e. The zero-order chi connectivity index (χ0) is 24.6. The number of rotatable bonds is 7. The summed E-state index contributed by atoms with van der Waals surface area (Å²) in [5.74, 6) is 1.63. The summed E-state index contributed by atoms with van der Waals surface area (Å²) in [4.78, 5) is 2.47. The molecule has 2 heterocycles. The van der Waals surface area contributed by atoms with Crippen molar-refractivity contribution in [1.29, 1.82) is 0 Å². The lowest BCUT2D eigenvalue weighted by Gasteiger charge is -2.20. The van der Waals surface area contributed by atoms with Gasteiger partial charge in [-0.2, -0.15) is 0 Å². The second-order valence-corrected chi connectivity index (χ2v) is 11.7. The van der Waals surface area contributed by atoms with Gasteiger partial charge in [0.05, 0.1) is 17.0 Å². The Morgan fingerprint density at radius 3 is 2.37 bits per heavy atom. The first-order valence-corrected chi connectivity index (χ1v) is 13.8. The van der Waals surface area contributed by atoms with Crippen LogP contribution in [0.4, 0.5) is 15.9 Å². The molecule has 1 saturated heterocycles. The van der Waals surface area contributed by atoms with Crippen molar-refractivity contribution in [3.05, 3.63) is 71.0 Å². The number of anilines is 2. The van der Waals surface area contributed by atoms with E-state index in [0.29, 0.717) is 45.7 Å². The van der Waals surface area contributed by atoms with Crippen molar-refractivity contribution >= 4 is 33.1 Å². The number of halogens is 2. The van der Waals surface area contributed by atoms with Crippen molar-refractivity contribution in [1.82, 2.24) is 15.1 Å². The van der Waals surface area contributed by atoms with Crippen LogP contribution in [0.5, 0.6) is 0 Å². The number of aromatic nitrogens is 2. The molecule has 0 amide bonds. The number of sulfonamides is 1. The van der Waals surface area contributed by atoms with Crippen LogP contribution in [0, 0.1) is 17.7 Å². The quantitative estimate of drug-likeness (QED) is 0.477. The molecule has 10 heteroatoms. The van der Waals surface area contributed by atoms with Crippen LogP contribution in [0.25, 0.3) is 11.3 Å². The van der Waals surface area contributed by atoms with E-state index in [1.165, 1.54) is 23.8 Å². The van der Waals surface area contributed by atoms with Crippen LogP contribution in [-0.2, 0) is 16.6 Å². The summed E-state index contributed by atoms with van der Waals surface area (Å²) in [5, 5.41) is 12.5. The number of nitrogens with zero attached hydrogens (tertiary/aromatic N) is 3. The molecular formula is C25H27ClFN5O2S. The van der Waals surface area contributed by atoms with Gasteiger partial charge in [0.15, 0.2) is 0 Å². The molecular weight excluding hydrogens is 489 g/mol. The predicted octanol–water partition coefficient (Wildman–Crippen LogP) is 4.63. The summed E-state index contributed by atoms with van der Waals surface area (Å²) >= 11 is 6.18. The Balaban J connectivity index is 1.13. The molecule has 0 spiro atoms. The smallest absolute Gasteiger partial charge is 0.229 e. The second kappa shape index (κ2) is 9.72. The Bertz CT molecular complexity index is 1290. The summed E-state index contributed by atoms with van der Waals surface area (Å²) in [5.41, 5.74) is 2.83. The molecule has 3 aromatic rings. The number of hydrogen-bond donors (Lipinski definition) is 2. The van der Waals surface area contributed by atoms with Crippen molar-refractivity contribution in [2.24, 2.45) is 11.8 Å². The molecule has 1 aliphatic heterocycles. The van der Waals surface area contributed by atoms with Gasteiger partial charge in [-0.1, -0.05) is 23.7 Å². The molecule has 1 saturated carbocycles. The van der Waals surface area contributed by atoms with E-state index >= 15 is 0 Å². The maximum atomic E-state index is 13.6. The highest BCUT2D eigenvalue weighted by atomic mass is 35.5. The number of benzene rings is 2. The van der Waals surface area contributed by atoms with Gasteiger partial charge in [-0.25, -0.2) is 12.8 Å². The van der Waals surface area contributed by atoms with Crippen LogP contribution < -0.4 is 10.0 Å². The number of hydrogen-bond acceptors (Lipinski definition) is 6. The van der Waals surface area contributed by atoms with Gasteiger partial charge in [-0.05, 0) is 72.7 Å². The Morgan fingerprint density at radius 1 is 1.03 bits per heavy atom. The van der Waals surface area contributed by atoms with E-state index in [4.69, 9.17) is 11.6 Å². The van der Waals surface area contributed by atoms with Gasteiger partial charge in [-0.3, -0.25) is 9.62 Å². The fourth-order valence-corrected chi connectivity index (χ4v) is 6.03. The Labute approximate surface area is 209 Å². The van der Waals surface area contributed by atoms with Gasteiger partial charge >= 0.3 is 0 Å². The summed E-state index contributed by atoms with van der Waals surface area (Å²) < 4.78 is 38.8. The Morgan fingerprint density at radius 2 is 1.74 bits per heavy atom. The molecule has 0 bridgehead atoms. The summed E-state index contributed by atoms with van der Waals surface area (Å²) in [6.45, 7) is 2.96. The molecule has 7 nitrogen and oxygen atoms in total. The molecule has 184 valence electrons. The number of likely N-dealkylation sites (tertiary alicyclic amines) is 1. The van der Waals surface area contributed by atoms with Gasteiger partial charge in [0.1, 0.15) is 11.6 Å². The average molecular weight is 516 g/mol. The highest BCUT2D eigenvalue weighted by Crippen LogP contribution is 2.39. The van der Waals surface area contributed by atoms with Crippen LogP contribution in [0.15, 0.2) is 54.6 Å². The van der Waals surface area contributed by atoms with E-state index < -0.39 is 10.0 Å². The lowest BCUT2D eigenvalue weighted by molar-refractivity contribution is 0.301. The van der Waals surface area contributed by atoms with Gasteiger partial charge in [-0.15, -0.1) is 10.2 Å². The fourth-order valence-electron chi connectivity index (χ4n) is 5.25. The molecule has 1 aliphatic carbocycles. The maximum absolute atomic E-state index is 13.6. The minimum absolute atomic E-state index is 0.353. The third kappa shape index (κ3) is 5.91. The average Bonchev–Trinajstić information content (AvgIpc) is 3.34. The van der Waals surface area contributed by atoms with Crippen LogP contribution in [0.3, 0.4) is 0 Å². The lowest BCUT2D eigenvalue weighted by Crippen LogP contribution is -2.25. The minimum atomic E-state index is -3.26. The van der Waals surface area contributed by atoms with Crippen LogP contribution >= 0.6 is 11.6 Å². The lowest BCUT2D eigenvalue weighted by atomic mass is 10.0. The van der Waals surface area contributed by atoms with Gasteiger partial charge in [0.2, 0.25) is 10.0 Å². The van der Waals surface area contributed by atoms with Crippen molar-refractivity contribution in [3.8, 4) is 11.3 Å². The van der Waals surface area contributed by atoms with Crippen molar-refractivity contribution in [3.63, 3.8) is 0 Å². The predicted molar refractivity (Wildman–Crippen MR) is 136 cm³/mol. The van der Waals surface area contributed by atoms with Crippen molar-refractivity contribution in [2.75, 3.05) is 29.4 Å². The first kappa shape index (κ1) is 24.0. The van der Waals surface area contributed by atoms with Gasteiger partial charge in [0.25, 0.3) is 0 Å². The van der Waals surface area contributed by atoms with Gasteiger partial charge in [0, 0.05) is 36.9 Å². The molecule has 1 aromatic heterocycles. The number of fused-ring (bicyclic) bond motifs is 1. The first-order valence-electron chi connectivity index (χ1n) is 11.6. The van der Waals surface area contributed by atoms with Crippen LogP contribution in [0.2, 0.25) is 5.02 Å². The van der Waals surface area contributed by atoms with E-state index in [0.717, 1.165) is 38.7 Å². The van der Waals surface area contributed by atoms with E-state index in [-0.39, 0.29) is 5.82 Å². The zero-order valence-corrected chi connectivity index (χ0v) is 20.9. The summed E-state index contributed by atoms with van der Waals surface area (Å²) in [6, 6.07) is 15.8. The largest absolute Gasteiger partial charge is 0.366 e. The molecule has 2 fully saturated rings. The van der Waals surface area contributed by atoms with E-state index in [9.17, 15) is 12.8 Å². The van der Waals surface area contributed by atoms with Crippen LogP contribution in [0.1, 0.15) is 18.4 Å². The Kier molecular flexibility index (Phi) is 6.65. The molecule has 2 aliphatic rings. The summed E-state index contributed by atoms with van der Waals surface area (Å²) in [6.07, 6.45) is 3.31. The topological polar surface area (TPSA) is 87.2 Å². The van der Waals surface area contributed by atoms with Gasteiger partial charge < -0.3 is 5.32 Å². The third-order valence-electron chi connectivity index (χ3n) is 6.71. The summed E-state index contributed by atoms with van der Waals surface area (Å²) in [7, 11) is -3.26. The number of nitrogens with one attached hydrogen (secondary N) is 2. The van der Waals surface area contributed by atoms with Crippen LogP contribution in [-0.4, -0.2) is 48.9 Å². The Hall–Kier alpha value is -2.75. The molecule has 1 unspecified atom stereocenters. The van der Waals surface area contributed by atoms with E-state index in [1.54, 1.807) is 0 Å². The van der Waals surface area contributed by atoms with Crippen molar-refractivity contribution < 1.29 is 12.8 Å². The SMILES string of the molecule is CS(=O)(=O)Nc1ccc(CN2C[C@H]3CC(Nc4ccc(-c5cc(F)ccc5Cl)nn4)C[C@H]3C2)cc1.